The summed E-state index contributed by atoms with van der Waals surface area (Å²) < 4.78 is 0.947. The molecule has 0 saturated carbocycles. The van der Waals surface area contributed by atoms with Crippen LogP contribution in [0.25, 0.3) is 0 Å². The van der Waals surface area contributed by atoms with Gasteiger partial charge in [0.1, 0.15) is 5.56 Å². The van der Waals surface area contributed by atoms with E-state index < -0.39 is 17.2 Å². The van der Waals surface area contributed by atoms with Crippen molar-refractivity contribution >= 4 is 34.6 Å². The van der Waals surface area contributed by atoms with Crippen LogP contribution in [0.15, 0.2) is 94.6 Å². The van der Waals surface area contributed by atoms with Gasteiger partial charge in [0.2, 0.25) is 0 Å². The molecule has 0 radical (unpaired) electrons. The molecule has 4 aromatic rings. The third-order valence-corrected chi connectivity index (χ3v) is 5.17. The molecule has 0 aliphatic heterocycles. The third kappa shape index (κ3) is 4.79. The monoisotopic (exact) mass is 446 g/mol. The Labute approximate surface area is 188 Å². The lowest BCUT2D eigenvalue weighted by Crippen LogP contribution is -2.39. The second kappa shape index (κ2) is 9.36. The van der Waals surface area contributed by atoms with Crippen LogP contribution in [0.3, 0.4) is 0 Å². The number of nitrogens with one attached hydrogen (secondary N) is 3. The minimum absolute atomic E-state index is 0.0468. The summed E-state index contributed by atoms with van der Waals surface area (Å²) in [5.74, 6) is -0.622. The van der Waals surface area contributed by atoms with Crippen molar-refractivity contribution in [1.29, 1.82) is 0 Å². The highest BCUT2D eigenvalue weighted by Crippen LogP contribution is 2.19. The van der Waals surface area contributed by atoms with E-state index >= 15 is 0 Å². The molecule has 8 heteroatoms. The van der Waals surface area contributed by atoms with Gasteiger partial charge in [0.25, 0.3) is 11.5 Å². The molecule has 0 bridgehead atoms. The summed E-state index contributed by atoms with van der Waals surface area (Å²) in [4.78, 5) is 40.2. The number of carbonyl (C=O) groups excluding carboxylic acids is 1. The Morgan fingerprint density at radius 3 is 2.19 bits per heavy atom. The van der Waals surface area contributed by atoms with E-state index in [1.807, 2.05) is 42.5 Å². The fourth-order valence-electron chi connectivity index (χ4n) is 3.14. The van der Waals surface area contributed by atoms with Gasteiger partial charge in [-0.3, -0.25) is 14.2 Å². The van der Waals surface area contributed by atoms with E-state index in [2.05, 4.69) is 15.6 Å². The number of hydrogen-bond acceptors (Lipinski definition) is 4. The Balaban J connectivity index is 1.52. The number of aromatic nitrogens is 2. The number of para-hydroxylation sites is 1. The molecule has 0 fully saturated rings. The Morgan fingerprint density at radius 2 is 1.47 bits per heavy atom. The molecule has 0 saturated heterocycles. The number of aromatic amines is 1. The van der Waals surface area contributed by atoms with Crippen LogP contribution in [-0.2, 0) is 6.54 Å². The number of rotatable bonds is 6. The van der Waals surface area contributed by atoms with E-state index in [0.717, 1.165) is 22.1 Å². The van der Waals surface area contributed by atoms with Crippen LogP contribution in [-0.4, -0.2) is 15.5 Å². The van der Waals surface area contributed by atoms with Gasteiger partial charge in [0.05, 0.1) is 6.54 Å². The first-order valence-electron chi connectivity index (χ1n) is 9.81. The Kier molecular flexibility index (Phi) is 6.19. The van der Waals surface area contributed by atoms with E-state index in [-0.39, 0.29) is 12.1 Å². The molecule has 0 atom stereocenters. The highest BCUT2D eigenvalue weighted by Gasteiger charge is 2.16. The van der Waals surface area contributed by atoms with Crippen LogP contribution in [0.5, 0.6) is 0 Å². The lowest BCUT2D eigenvalue weighted by Gasteiger charge is -2.10. The topological polar surface area (TPSA) is 96.0 Å². The summed E-state index contributed by atoms with van der Waals surface area (Å²) in [7, 11) is 0. The first-order valence-corrected chi connectivity index (χ1v) is 10.2. The van der Waals surface area contributed by atoms with Gasteiger partial charge < -0.3 is 15.6 Å². The van der Waals surface area contributed by atoms with E-state index in [9.17, 15) is 14.4 Å². The number of amides is 1. The number of carbonyl (C=O) groups is 1. The van der Waals surface area contributed by atoms with Crippen LogP contribution >= 0.6 is 11.6 Å². The SMILES string of the molecule is O=C(Nc1ccc(Nc2ccccc2)cc1)c1c[nH]c(=O)n(Cc2ccccc2Cl)c1=O. The lowest BCUT2D eigenvalue weighted by atomic mass is 10.2. The Bertz CT molecular complexity index is 1360. The number of benzene rings is 3. The maximum absolute atomic E-state index is 12.8. The molecule has 32 heavy (non-hydrogen) atoms. The van der Waals surface area contributed by atoms with Gasteiger partial charge in [-0.05, 0) is 48.0 Å². The molecular formula is C24H19ClN4O3. The second-order valence-electron chi connectivity index (χ2n) is 7.01. The average Bonchev–Trinajstić information content (AvgIpc) is 2.80. The number of anilines is 3. The first-order chi connectivity index (χ1) is 15.5. The molecule has 0 unspecified atom stereocenters. The van der Waals surface area contributed by atoms with Crippen LogP contribution in [0, 0.1) is 0 Å². The largest absolute Gasteiger partial charge is 0.356 e. The molecule has 0 aliphatic carbocycles. The number of nitrogens with zero attached hydrogens (tertiary/aromatic N) is 1. The van der Waals surface area contributed by atoms with Crippen molar-refractivity contribution in [2.24, 2.45) is 0 Å². The van der Waals surface area contributed by atoms with Gasteiger partial charge >= 0.3 is 5.69 Å². The van der Waals surface area contributed by atoms with Crippen LogP contribution in [0.4, 0.5) is 17.1 Å². The summed E-state index contributed by atoms with van der Waals surface area (Å²) in [6.45, 7) is -0.0468. The number of halogens is 1. The van der Waals surface area contributed by atoms with Crippen molar-refractivity contribution in [3.05, 3.63) is 122 Å². The highest BCUT2D eigenvalue weighted by molar-refractivity contribution is 6.31. The quantitative estimate of drug-likeness (QED) is 0.413. The van der Waals surface area contributed by atoms with Crippen LogP contribution in [0.2, 0.25) is 5.02 Å². The zero-order valence-electron chi connectivity index (χ0n) is 16.8. The Morgan fingerprint density at radius 1 is 0.844 bits per heavy atom. The van der Waals surface area contributed by atoms with Crippen molar-refractivity contribution in [2.45, 2.75) is 6.54 Å². The van der Waals surface area contributed by atoms with Gasteiger partial charge in [-0.25, -0.2) is 4.79 Å². The van der Waals surface area contributed by atoms with E-state index in [1.54, 1.807) is 36.4 Å². The predicted molar refractivity (Wildman–Crippen MR) is 126 cm³/mol. The summed E-state index contributed by atoms with van der Waals surface area (Å²) in [6.07, 6.45) is 1.12. The molecule has 1 aromatic heterocycles. The van der Waals surface area contributed by atoms with Gasteiger partial charge in [0.15, 0.2) is 0 Å². The van der Waals surface area contributed by atoms with Crippen LogP contribution < -0.4 is 21.9 Å². The first kappa shape index (κ1) is 21.1. The predicted octanol–water partition coefficient (Wildman–Crippen LogP) is 4.23. The molecule has 0 spiro atoms. The van der Waals surface area contributed by atoms with Crippen LogP contribution in [0.1, 0.15) is 15.9 Å². The van der Waals surface area contributed by atoms with Crippen molar-refractivity contribution < 1.29 is 4.79 Å². The maximum Gasteiger partial charge on any atom is 0.328 e. The van der Waals surface area contributed by atoms with E-state index in [0.29, 0.717) is 16.3 Å². The standard InChI is InChI=1S/C24H19ClN4O3/c25-21-9-5-4-6-16(21)15-29-23(31)20(14-26-24(29)32)22(30)28-19-12-10-18(11-13-19)27-17-7-2-1-3-8-17/h1-14,27H,15H2,(H,26,32)(H,28,30). The van der Waals surface area contributed by atoms with E-state index in [4.69, 9.17) is 11.6 Å². The van der Waals surface area contributed by atoms with Gasteiger partial charge in [0, 0.05) is 28.3 Å². The Hall–Kier alpha value is -4.10. The molecule has 3 aromatic carbocycles. The summed E-state index contributed by atoms with van der Waals surface area (Å²) in [5.41, 5.74) is 1.40. The maximum atomic E-state index is 12.8. The van der Waals surface area contributed by atoms with Crippen molar-refractivity contribution in [3.8, 4) is 0 Å². The van der Waals surface area contributed by atoms with Gasteiger partial charge in [-0.15, -0.1) is 0 Å². The minimum atomic E-state index is -0.700. The fraction of sp³-hybridized carbons (Fsp3) is 0.0417. The van der Waals surface area contributed by atoms with Crippen molar-refractivity contribution in [1.82, 2.24) is 9.55 Å². The zero-order valence-corrected chi connectivity index (χ0v) is 17.6. The molecule has 1 amide bonds. The van der Waals surface area contributed by atoms with Crippen molar-refractivity contribution in [2.75, 3.05) is 10.6 Å². The highest BCUT2D eigenvalue weighted by atomic mass is 35.5. The van der Waals surface area contributed by atoms with Gasteiger partial charge in [-0.1, -0.05) is 48.0 Å². The summed E-state index contributed by atoms with van der Waals surface area (Å²) >= 11 is 6.14. The number of H-pyrrole nitrogens is 1. The normalized spacial score (nSPS) is 10.5. The summed E-state index contributed by atoms with van der Waals surface area (Å²) in [5, 5.41) is 6.36. The molecule has 1 heterocycles. The third-order valence-electron chi connectivity index (χ3n) is 4.80. The number of hydrogen-bond donors (Lipinski definition) is 3. The zero-order chi connectivity index (χ0) is 22.5. The average molecular weight is 447 g/mol. The molecule has 4 rings (SSSR count). The molecule has 0 aliphatic rings. The van der Waals surface area contributed by atoms with Crippen molar-refractivity contribution in [3.63, 3.8) is 0 Å². The summed E-state index contributed by atoms with van der Waals surface area (Å²) in [6, 6.07) is 23.6. The molecule has 160 valence electrons. The minimum Gasteiger partial charge on any atom is -0.356 e. The molecule has 3 N–H and O–H groups in total. The smallest absolute Gasteiger partial charge is 0.328 e. The lowest BCUT2D eigenvalue weighted by molar-refractivity contribution is 0.102. The molecular weight excluding hydrogens is 428 g/mol. The van der Waals surface area contributed by atoms with Gasteiger partial charge in [-0.2, -0.15) is 0 Å². The second-order valence-corrected chi connectivity index (χ2v) is 7.42. The molecule has 7 nitrogen and oxygen atoms in total. The van der Waals surface area contributed by atoms with E-state index in [1.165, 1.54) is 0 Å². The fourth-order valence-corrected chi connectivity index (χ4v) is 3.33.